The predicted octanol–water partition coefficient (Wildman–Crippen LogP) is 5.46. The highest BCUT2D eigenvalue weighted by atomic mass is 79.9. The van der Waals surface area contributed by atoms with Crippen molar-refractivity contribution in [2.24, 2.45) is 0 Å². The first kappa shape index (κ1) is 18.9. The van der Waals surface area contributed by atoms with Gasteiger partial charge in [0.2, 0.25) is 0 Å². The molecule has 0 saturated carbocycles. The minimum atomic E-state index is -0.359. The van der Waals surface area contributed by atoms with Gasteiger partial charge in [0.05, 0.1) is 21.6 Å². The van der Waals surface area contributed by atoms with Gasteiger partial charge < -0.3 is 5.32 Å². The van der Waals surface area contributed by atoms with Gasteiger partial charge in [-0.25, -0.2) is 4.39 Å². The Morgan fingerprint density at radius 2 is 2.12 bits per heavy atom. The number of amides is 1. The van der Waals surface area contributed by atoms with Gasteiger partial charge in [-0.1, -0.05) is 29.8 Å². The van der Waals surface area contributed by atoms with Crippen molar-refractivity contribution in [2.75, 3.05) is 11.6 Å². The summed E-state index contributed by atoms with van der Waals surface area (Å²) in [5.41, 5.74) is 0.880. The van der Waals surface area contributed by atoms with Gasteiger partial charge in [0.15, 0.2) is 5.82 Å². The monoisotopic (exact) mass is 453 g/mol. The summed E-state index contributed by atoms with van der Waals surface area (Å²) >= 11 is 11.0. The maximum atomic E-state index is 13.8. The van der Waals surface area contributed by atoms with Crippen LogP contribution in [0.5, 0.6) is 0 Å². The third-order valence-electron chi connectivity index (χ3n) is 3.66. The Bertz CT molecular complexity index is 963. The van der Waals surface area contributed by atoms with Gasteiger partial charge in [0.25, 0.3) is 5.91 Å². The first-order chi connectivity index (χ1) is 12.5. The second-order valence-corrected chi connectivity index (χ2v) is 7.56. The average molecular weight is 455 g/mol. The molecule has 3 rings (SSSR count). The topological polar surface area (TPSA) is 46.9 Å². The number of anilines is 1. The Balaban J connectivity index is 1.80. The number of nitrogens with one attached hydrogen (secondary N) is 1. The molecular formula is C18H14BrClFN3OS. The lowest BCUT2D eigenvalue weighted by Gasteiger charge is -2.07. The van der Waals surface area contributed by atoms with Crippen LogP contribution in [0.25, 0.3) is 0 Å². The van der Waals surface area contributed by atoms with E-state index >= 15 is 0 Å². The lowest BCUT2D eigenvalue weighted by atomic mass is 10.2. The highest BCUT2D eigenvalue weighted by Gasteiger charge is 2.16. The van der Waals surface area contributed by atoms with Gasteiger partial charge in [-0.15, -0.1) is 11.8 Å². The molecule has 0 bridgehead atoms. The summed E-state index contributed by atoms with van der Waals surface area (Å²) in [6, 6.07) is 11.8. The van der Waals surface area contributed by atoms with Gasteiger partial charge >= 0.3 is 0 Å². The maximum Gasteiger partial charge on any atom is 0.258 e. The van der Waals surface area contributed by atoms with Crippen molar-refractivity contribution in [3.05, 3.63) is 75.1 Å². The number of carbonyl (C=O) groups excluding carboxylic acids is 1. The number of benzene rings is 2. The molecule has 0 unspecified atom stereocenters. The molecule has 4 nitrogen and oxygen atoms in total. The molecule has 1 N–H and O–H groups in total. The molecular weight excluding hydrogens is 441 g/mol. The minimum absolute atomic E-state index is 0.254. The zero-order valence-electron chi connectivity index (χ0n) is 13.7. The van der Waals surface area contributed by atoms with Gasteiger partial charge in [0, 0.05) is 16.7 Å². The van der Waals surface area contributed by atoms with Crippen molar-refractivity contribution >= 4 is 51.0 Å². The van der Waals surface area contributed by atoms with Crippen molar-refractivity contribution in [2.45, 2.75) is 11.4 Å². The Labute approximate surface area is 167 Å². The lowest BCUT2D eigenvalue weighted by Crippen LogP contribution is -2.14. The Morgan fingerprint density at radius 1 is 1.35 bits per heavy atom. The molecule has 26 heavy (non-hydrogen) atoms. The first-order valence-electron chi connectivity index (χ1n) is 7.59. The standard InChI is InChI=1S/C18H14BrClFN3OS/c1-26-12-6-7-15(20)13(8-12)18(25)22-17-14(19)10-24(23-17)9-11-4-2-3-5-16(11)21/h2-8,10H,9H2,1H3,(H,22,23,25). The van der Waals surface area contributed by atoms with Crippen molar-refractivity contribution < 1.29 is 9.18 Å². The molecule has 0 spiro atoms. The van der Waals surface area contributed by atoms with Crippen molar-refractivity contribution in [3.63, 3.8) is 0 Å². The molecule has 0 radical (unpaired) electrons. The van der Waals surface area contributed by atoms with E-state index in [9.17, 15) is 9.18 Å². The van der Waals surface area contributed by atoms with Crippen LogP contribution in [0.2, 0.25) is 5.02 Å². The molecule has 0 saturated heterocycles. The number of thioether (sulfide) groups is 1. The highest BCUT2D eigenvalue weighted by Crippen LogP contribution is 2.26. The van der Waals surface area contributed by atoms with Crippen molar-refractivity contribution in [1.29, 1.82) is 0 Å². The van der Waals surface area contributed by atoms with E-state index in [0.29, 0.717) is 26.4 Å². The zero-order valence-corrected chi connectivity index (χ0v) is 16.8. The Kier molecular flexibility index (Phi) is 6.01. The number of nitrogens with zero attached hydrogens (tertiary/aromatic N) is 2. The molecule has 1 heterocycles. The van der Waals surface area contributed by atoms with Gasteiger partial charge in [-0.05, 0) is 46.5 Å². The third-order valence-corrected chi connectivity index (χ3v) is 5.29. The summed E-state index contributed by atoms with van der Waals surface area (Å²) in [5, 5.41) is 7.40. The molecule has 8 heteroatoms. The summed E-state index contributed by atoms with van der Waals surface area (Å²) in [6.45, 7) is 0.254. The van der Waals surface area contributed by atoms with Crippen molar-refractivity contribution in [1.82, 2.24) is 9.78 Å². The average Bonchev–Trinajstić information content (AvgIpc) is 2.96. The zero-order chi connectivity index (χ0) is 18.7. The van der Waals surface area contributed by atoms with E-state index in [1.165, 1.54) is 17.8 Å². The van der Waals surface area contributed by atoms with Crippen LogP contribution in [0.1, 0.15) is 15.9 Å². The van der Waals surface area contributed by atoms with E-state index in [1.807, 2.05) is 12.3 Å². The van der Waals surface area contributed by atoms with Gasteiger partial charge in [0.1, 0.15) is 5.82 Å². The molecule has 0 aliphatic rings. The summed E-state index contributed by atoms with van der Waals surface area (Å²) in [5.74, 6) is -0.315. The molecule has 0 aliphatic heterocycles. The summed E-state index contributed by atoms with van der Waals surface area (Å²) in [4.78, 5) is 13.5. The van der Waals surface area contributed by atoms with Crippen LogP contribution in [-0.2, 0) is 6.54 Å². The number of hydrogen-bond acceptors (Lipinski definition) is 3. The second kappa shape index (κ2) is 8.24. The van der Waals surface area contributed by atoms with E-state index in [2.05, 4.69) is 26.3 Å². The van der Waals surface area contributed by atoms with Crippen LogP contribution >= 0.6 is 39.3 Å². The van der Waals surface area contributed by atoms with Crippen molar-refractivity contribution in [3.8, 4) is 0 Å². The van der Waals surface area contributed by atoms with Crippen LogP contribution in [-0.4, -0.2) is 21.9 Å². The smallest absolute Gasteiger partial charge is 0.258 e. The molecule has 134 valence electrons. The Hall–Kier alpha value is -1.83. The number of rotatable bonds is 5. The molecule has 1 aromatic heterocycles. The lowest BCUT2D eigenvalue weighted by molar-refractivity contribution is 0.102. The van der Waals surface area contributed by atoms with Crippen LogP contribution in [0.3, 0.4) is 0 Å². The fourth-order valence-electron chi connectivity index (χ4n) is 2.34. The van der Waals surface area contributed by atoms with E-state index in [4.69, 9.17) is 11.6 Å². The van der Waals surface area contributed by atoms with E-state index in [1.54, 1.807) is 41.2 Å². The van der Waals surface area contributed by atoms with Crippen LogP contribution in [0, 0.1) is 5.82 Å². The van der Waals surface area contributed by atoms with E-state index in [-0.39, 0.29) is 18.3 Å². The predicted molar refractivity (Wildman–Crippen MR) is 107 cm³/mol. The molecule has 1 amide bonds. The minimum Gasteiger partial charge on any atom is -0.304 e. The fourth-order valence-corrected chi connectivity index (χ4v) is 3.40. The molecule has 0 aliphatic carbocycles. The summed E-state index contributed by atoms with van der Waals surface area (Å²) < 4.78 is 15.9. The number of aromatic nitrogens is 2. The van der Waals surface area contributed by atoms with Crippen LogP contribution in [0.4, 0.5) is 10.2 Å². The second-order valence-electron chi connectivity index (χ2n) is 5.41. The SMILES string of the molecule is CSc1ccc(Cl)c(C(=O)Nc2nn(Cc3ccccc3F)cc2Br)c1. The summed E-state index contributed by atoms with van der Waals surface area (Å²) in [6.07, 6.45) is 3.61. The third kappa shape index (κ3) is 4.28. The molecule has 0 atom stereocenters. The Morgan fingerprint density at radius 3 is 2.85 bits per heavy atom. The van der Waals surface area contributed by atoms with E-state index in [0.717, 1.165) is 4.90 Å². The quantitative estimate of drug-likeness (QED) is 0.521. The van der Waals surface area contributed by atoms with Crippen LogP contribution < -0.4 is 5.32 Å². The highest BCUT2D eigenvalue weighted by molar-refractivity contribution is 9.10. The maximum absolute atomic E-state index is 13.8. The number of hydrogen-bond donors (Lipinski definition) is 1. The number of halogens is 3. The molecule has 0 fully saturated rings. The summed E-state index contributed by atoms with van der Waals surface area (Å²) in [7, 11) is 0. The fraction of sp³-hybridized carbons (Fsp3) is 0.111. The largest absolute Gasteiger partial charge is 0.304 e. The molecule has 2 aromatic carbocycles. The van der Waals surface area contributed by atoms with Gasteiger partial charge in [-0.2, -0.15) is 5.10 Å². The first-order valence-corrected chi connectivity index (χ1v) is 9.98. The van der Waals surface area contributed by atoms with Gasteiger partial charge in [-0.3, -0.25) is 9.48 Å². The van der Waals surface area contributed by atoms with E-state index < -0.39 is 0 Å². The number of carbonyl (C=O) groups is 1. The van der Waals surface area contributed by atoms with Crippen LogP contribution in [0.15, 0.2) is 58.0 Å². The normalized spacial score (nSPS) is 10.8. The molecule has 3 aromatic rings.